The lowest BCUT2D eigenvalue weighted by Gasteiger charge is -2.34. The highest BCUT2D eigenvalue weighted by Crippen LogP contribution is 2.36. The first kappa shape index (κ1) is 18.6. The smallest absolute Gasteiger partial charge is 0.267 e. The van der Waals surface area contributed by atoms with Crippen LogP contribution >= 0.6 is 23.3 Å². The highest BCUT2D eigenvalue weighted by Gasteiger charge is 2.26. The van der Waals surface area contributed by atoms with Crippen molar-refractivity contribution < 1.29 is 0 Å². The number of thioether (sulfide) groups is 1. The summed E-state index contributed by atoms with van der Waals surface area (Å²) in [4.78, 5) is 21.9. The minimum Gasteiger partial charge on any atom is -0.344 e. The van der Waals surface area contributed by atoms with Crippen molar-refractivity contribution in [3.63, 3.8) is 0 Å². The van der Waals surface area contributed by atoms with Gasteiger partial charge in [-0.25, -0.2) is 9.67 Å². The number of aromatic nitrogens is 4. The third kappa shape index (κ3) is 3.84. The van der Waals surface area contributed by atoms with E-state index in [2.05, 4.69) is 19.3 Å². The second-order valence-electron chi connectivity index (χ2n) is 7.87. The molecule has 0 amide bonds. The van der Waals surface area contributed by atoms with Gasteiger partial charge in [-0.3, -0.25) is 9.69 Å². The second kappa shape index (κ2) is 8.12. The summed E-state index contributed by atoms with van der Waals surface area (Å²) in [5, 5.41) is 5.71. The fourth-order valence-corrected chi connectivity index (χ4v) is 5.75. The topological polar surface area (TPSA) is 67.2 Å². The van der Waals surface area contributed by atoms with Crippen LogP contribution in [0.3, 0.4) is 0 Å². The molecule has 5 rings (SSSR count). The van der Waals surface area contributed by atoms with Crippen molar-refractivity contribution in [2.24, 2.45) is 0 Å². The summed E-state index contributed by atoms with van der Waals surface area (Å²) in [6, 6.07) is 1.79. The summed E-state index contributed by atoms with van der Waals surface area (Å²) in [6.45, 7) is 5.48. The fraction of sp³-hybridized carbons (Fsp3) is 0.684. The molecule has 150 valence electrons. The maximum Gasteiger partial charge on any atom is 0.267 e. The van der Waals surface area contributed by atoms with Crippen LogP contribution in [0.25, 0.3) is 0 Å². The van der Waals surface area contributed by atoms with Gasteiger partial charge in [0.25, 0.3) is 5.56 Å². The predicted octanol–water partition coefficient (Wildman–Crippen LogP) is 1.97. The first-order chi connectivity index (χ1) is 13.8. The number of nitrogens with zero attached hydrogens (tertiary/aromatic N) is 6. The summed E-state index contributed by atoms with van der Waals surface area (Å²) >= 11 is 3.43. The van der Waals surface area contributed by atoms with Crippen LogP contribution in [0.2, 0.25) is 0 Å². The van der Waals surface area contributed by atoms with Crippen LogP contribution in [0.4, 0.5) is 5.13 Å². The molecule has 0 N–H and O–H groups in total. The molecule has 2 aromatic heterocycles. The van der Waals surface area contributed by atoms with E-state index < -0.39 is 0 Å². The Hall–Kier alpha value is -1.45. The first-order valence-corrected chi connectivity index (χ1v) is 12.2. The van der Waals surface area contributed by atoms with Gasteiger partial charge in [0, 0.05) is 68.4 Å². The molecule has 2 aliphatic heterocycles. The lowest BCUT2D eigenvalue weighted by atomic mass is 9.85. The van der Waals surface area contributed by atoms with Gasteiger partial charge < -0.3 is 4.90 Å². The summed E-state index contributed by atoms with van der Waals surface area (Å²) in [6.07, 6.45) is 4.79. The van der Waals surface area contributed by atoms with Crippen molar-refractivity contribution in [1.82, 2.24) is 24.0 Å². The zero-order valence-corrected chi connectivity index (χ0v) is 17.7. The zero-order valence-electron chi connectivity index (χ0n) is 16.0. The average Bonchev–Trinajstić information content (AvgIpc) is 3.15. The largest absolute Gasteiger partial charge is 0.344 e. The molecule has 28 heavy (non-hydrogen) atoms. The molecule has 1 saturated carbocycles. The minimum absolute atomic E-state index is 0.0391. The van der Waals surface area contributed by atoms with Gasteiger partial charge in [-0.2, -0.15) is 21.2 Å². The molecule has 9 heteroatoms. The Bertz CT molecular complexity index is 885. The minimum atomic E-state index is 0.0391. The number of aryl methyl sites for hydroxylation is 1. The highest BCUT2D eigenvalue weighted by atomic mass is 32.2. The van der Waals surface area contributed by atoms with Gasteiger partial charge in [0.1, 0.15) is 5.82 Å². The number of hydrogen-bond acceptors (Lipinski definition) is 8. The van der Waals surface area contributed by atoms with Crippen LogP contribution in [0.1, 0.15) is 42.3 Å². The molecule has 0 spiro atoms. The van der Waals surface area contributed by atoms with E-state index >= 15 is 0 Å². The maximum atomic E-state index is 12.3. The van der Waals surface area contributed by atoms with E-state index in [1.165, 1.54) is 19.3 Å². The monoisotopic (exact) mass is 418 g/mol. The summed E-state index contributed by atoms with van der Waals surface area (Å²) in [7, 11) is 0. The summed E-state index contributed by atoms with van der Waals surface area (Å²) < 4.78 is 6.24. The van der Waals surface area contributed by atoms with E-state index in [0.29, 0.717) is 12.5 Å². The van der Waals surface area contributed by atoms with Gasteiger partial charge in [-0.05, 0) is 24.2 Å². The third-order valence-electron chi connectivity index (χ3n) is 6.08. The van der Waals surface area contributed by atoms with Crippen molar-refractivity contribution in [3.05, 3.63) is 33.5 Å². The van der Waals surface area contributed by atoms with Crippen LogP contribution in [-0.4, -0.2) is 62.5 Å². The highest BCUT2D eigenvalue weighted by molar-refractivity contribution is 7.98. The molecule has 2 aromatic rings. The zero-order chi connectivity index (χ0) is 18.9. The van der Waals surface area contributed by atoms with E-state index in [-0.39, 0.29) is 5.56 Å². The molecule has 1 aliphatic carbocycles. The molecule has 0 bridgehead atoms. The lowest BCUT2D eigenvalue weighted by molar-refractivity contribution is 0.242. The standard InChI is InChI=1S/C19H26N6OS2/c26-17-12-15-13-27-11-4-16(15)21-25(17)10-7-23-5-8-24(9-6-23)19-20-18(22-28-19)14-2-1-3-14/h12,14H,1-11,13H2. The Balaban J connectivity index is 1.15. The van der Waals surface area contributed by atoms with E-state index in [9.17, 15) is 4.79 Å². The Morgan fingerprint density at radius 2 is 2.00 bits per heavy atom. The molecule has 0 atom stereocenters. The first-order valence-electron chi connectivity index (χ1n) is 10.2. The molecule has 4 heterocycles. The van der Waals surface area contributed by atoms with Crippen LogP contribution < -0.4 is 10.5 Å². The molecule has 0 unspecified atom stereocenters. The predicted molar refractivity (Wildman–Crippen MR) is 114 cm³/mol. The summed E-state index contributed by atoms with van der Waals surface area (Å²) in [5.74, 6) is 3.69. The number of piperazine rings is 1. The van der Waals surface area contributed by atoms with Crippen LogP contribution in [0.15, 0.2) is 10.9 Å². The maximum absolute atomic E-state index is 12.3. The van der Waals surface area contributed by atoms with E-state index in [0.717, 1.165) is 72.9 Å². The normalized spacial score (nSPS) is 20.8. The van der Waals surface area contributed by atoms with Gasteiger partial charge in [-0.1, -0.05) is 6.42 Å². The van der Waals surface area contributed by atoms with E-state index in [1.807, 2.05) is 11.8 Å². The number of anilines is 1. The van der Waals surface area contributed by atoms with Crippen LogP contribution in [0.5, 0.6) is 0 Å². The molecular formula is C19H26N6OS2. The van der Waals surface area contributed by atoms with Gasteiger partial charge >= 0.3 is 0 Å². The lowest BCUT2D eigenvalue weighted by Crippen LogP contribution is -2.47. The van der Waals surface area contributed by atoms with Crippen LogP contribution in [0, 0.1) is 0 Å². The van der Waals surface area contributed by atoms with Crippen molar-refractivity contribution in [2.75, 3.05) is 43.4 Å². The number of rotatable bonds is 5. The Morgan fingerprint density at radius 3 is 2.79 bits per heavy atom. The Kier molecular flexibility index (Phi) is 5.38. The Morgan fingerprint density at radius 1 is 1.14 bits per heavy atom. The molecular weight excluding hydrogens is 392 g/mol. The van der Waals surface area contributed by atoms with Crippen molar-refractivity contribution >= 4 is 28.4 Å². The van der Waals surface area contributed by atoms with Gasteiger partial charge in [0.05, 0.1) is 12.2 Å². The van der Waals surface area contributed by atoms with Crippen molar-refractivity contribution in [1.29, 1.82) is 0 Å². The molecule has 0 radical (unpaired) electrons. The van der Waals surface area contributed by atoms with E-state index in [4.69, 9.17) is 4.98 Å². The van der Waals surface area contributed by atoms with Gasteiger partial charge in [-0.15, -0.1) is 0 Å². The molecule has 1 saturated heterocycles. The van der Waals surface area contributed by atoms with Crippen molar-refractivity contribution in [3.8, 4) is 0 Å². The number of hydrogen-bond donors (Lipinski definition) is 0. The Labute approximate surface area is 173 Å². The van der Waals surface area contributed by atoms with Gasteiger partial charge in [0.15, 0.2) is 0 Å². The van der Waals surface area contributed by atoms with Gasteiger partial charge in [0.2, 0.25) is 5.13 Å². The fourth-order valence-electron chi connectivity index (χ4n) is 4.00. The SMILES string of the molecule is O=c1cc2c(nn1CCN1CCN(c3nc(C4CCC4)ns3)CC1)CCSC2. The quantitative estimate of drug-likeness (QED) is 0.735. The van der Waals surface area contributed by atoms with Crippen LogP contribution in [-0.2, 0) is 18.7 Å². The second-order valence-corrected chi connectivity index (χ2v) is 9.71. The molecule has 2 fully saturated rings. The van der Waals surface area contributed by atoms with Crippen molar-refractivity contribution in [2.45, 2.75) is 43.9 Å². The molecule has 3 aliphatic rings. The third-order valence-corrected chi connectivity index (χ3v) is 7.88. The van der Waals surface area contributed by atoms with E-state index in [1.54, 1.807) is 22.3 Å². The molecule has 0 aromatic carbocycles. The summed E-state index contributed by atoms with van der Waals surface area (Å²) in [5.41, 5.74) is 2.28. The molecule has 7 nitrogen and oxygen atoms in total. The number of fused-ring (bicyclic) bond motifs is 1. The average molecular weight is 419 g/mol.